The summed E-state index contributed by atoms with van der Waals surface area (Å²) >= 11 is 0. The number of benzene rings is 1. The van der Waals surface area contributed by atoms with Crippen molar-refractivity contribution in [2.24, 2.45) is 0 Å². The summed E-state index contributed by atoms with van der Waals surface area (Å²) in [5.41, 5.74) is 0.925. The molecule has 0 amide bonds. The van der Waals surface area contributed by atoms with Crippen LogP contribution in [0.3, 0.4) is 0 Å². The van der Waals surface area contributed by atoms with Gasteiger partial charge in [-0.1, -0.05) is 30.3 Å². The Morgan fingerprint density at radius 1 is 1.24 bits per heavy atom. The highest BCUT2D eigenvalue weighted by molar-refractivity contribution is 5.13. The van der Waals surface area contributed by atoms with Gasteiger partial charge in [-0.3, -0.25) is 0 Å². The van der Waals surface area contributed by atoms with Crippen LogP contribution in [0, 0.1) is 0 Å². The predicted octanol–water partition coefficient (Wildman–Crippen LogP) is 3.03. The Kier molecular flexibility index (Phi) is 5.03. The number of hydrogen-bond donors (Lipinski definition) is 1. The second-order valence-electron chi connectivity index (χ2n) is 3.46. The average Bonchev–Trinajstić information content (AvgIpc) is 2.28. The molecule has 1 atom stereocenters. The fourth-order valence-electron chi connectivity index (χ4n) is 1.10. The van der Waals surface area contributed by atoms with Crippen LogP contribution in [0.4, 0.5) is 13.2 Å². The normalized spacial score (nSPS) is 13.9. The van der Waals surface area contributed by atoms with Gasteiger partial charge in [-0.25, -0.2) is 0 Å². The van der Waals surface area contributed by atoms with Crippen molar-refractivity contribution in [2.45, 2.75) is 25.3 Å². The van der Waals surface area contributed by atoms with Crippen molar-refractivity contribution < 1.29 is 23.0 Å². The van der Waals surface area contributed by atoms with E-state index >= 15 is 0 Å². The molecular formula is C12H13F3O2. The fraction of sp³-hybridized carbons (Fsp3) is 0.333. The van der Waals surface area contributed by atoms with Crippen LogP contribution in [-0.2, 0) is 11.3 Å². The van der Waals surface area contributed by atoms with Crippen LogP contribution in [0.25, 0.3) is 0 Å². The molecule has 0 aliphatic rings. The van der Waals surface area contributed by atoms with Crippen molar-refractivity contribution in [2.75, 3.05) is 0 Å². The SMILES string of the molecule is OC(CC=COCc1ccccc1)C(F)(F)F. The third kappa shape index (κ3) is 5.40. The van der Waals surface area contributed by atoms with Gasteiger partial charge in [0.25, 0.3) is 0 Å². The largest absolute Gasteiger partial charge is 0.497 e. The van der Waals surface area contributed by atoms with Gasteiger partial charge >= 0.3 is 6.18 Å². The monoisotopic (exact) mass is 246 g/mol. The summed E-state index contributed by atoms with van der Waals surface area (Å²) in [4.78, 5) is 0. The first-order chi connectivity index (χ1) is 8.00. The van der Waals surface area contributed by atoms with E-state index in [2.05, 4.69) is 0 Å². The average molecular weight is 246 g/mol. The Morgan fingerprint density at radius 3 is 2.47 bits per heavy atom. The predicted molar refractivity (Wildman–Crippen MR) is 57.0 cm³/mol. The second-order valence-corrected chi connectivity index (χ2v) is 3.46. The number of halogens is 3. The van der Waals surface area contributed by atoms with Crippen LogP contribution >= 0.6 is 0 Å². The number of hydrogen-bond acceptors (Lipinski definition) is 2. The lowest BCUT2D eigenvalue weighted by atomic mass is 10.2. The maximum Gasteiger partial charge on any atom is 0.414 e. The minimum Gasteiger partial charge on any atom is -0.497 e. The van der Waals surface area contributed by atoms with Gasteiger partial charge in [0, 0.05) is 6.42 Å². The zero-order chi connectivity index (χ0) is 12.7. The molecule has 2 nitrogen and oxygen atoms in total. The van der Waals surface area contributed by atoms with Gasteiger partial charge in [0.05, 0.1) is 6.26 Å². The summed E-state index contributed by atoms with van der Waals surface area (Å²) in [5, 5.41) is 8.67. The number of alkyl halides is 3. The molecule has 0 aromatic heterocycles. The fourth-order valence-corrected chi connectivity index (χ4v) is 1.10. The number of aliphatic hydroxyl groups is 1. The summed E-state index contributed by atoms with van der Waals surface area (Å²) in [6.07, 6.45) is -5.09. The van der Waals surface area contributed by atoms with Crippen molar-refractivity contribution >= 4 is 0 Å². The van der Waals surface area contributed by atoms with E-state index in [1.54, 1.807) is 0 Å². The summed E-state index contributed by atoms with van der Waals surface area (Å²) in [6.45, 7) is 0.291. The number of aliphatic hydroxyl groups excluding tert-OH is 1. The molecule has 0 spiro atoms. The molecular weight excluding hydrogens is 233 g/mol. The van der Waals surface area contributed by atoms with E-state index in [0.29, 0.717) is 6.61 Å². The third-order valence-electron chi connectivity index (χ3n) is 2.02. The van der Waals surface area contributed by atoms with Crippen molar-refractivity contribution in [3.05, 3.63) is 48.2 Å². The van der Waals surface area contributed by atoms with Crippen LogP contribution in [-0.4, -0.2) is 17.4 Å². The van der Waals surface area contributed by atoms with Gasteiger partial charge in [0.2, 0.25) is 0 Å². The van der Waals surface area contributed by atoms with Crippen LogP contribution in [0.5, 0.6) is 0 Å². The Bertz CT molecular complexity index is 347. The molecule has 0 aliphatic heterocycles. The lowest BCUT2D eigenvalue weighted by Gasteiger charge is -2.11. The van der Waals surface area contributed by atoms with Crippen LogP contribution < -0.4 is 0 Å². The van der Waals surface area contributed by atoms with Gasteiger partial charge < -0.3 is 9.84 Å². The van der Waals surface area contributed by atoms with Gasteiger partial charge in [0.15, 0.2) is 6.10 Å². The Balaban J connectivity index is 2.23. The van der Waals surface area contributed by atoms with Crippen molar-refractivity contribution in [3.8, 4) is 0 Å². The molecule has 0 aliphatic carbocycles. The highest BCUT2D eigenvalue weighted by Gasteiger charge is 2.36. The first kappa shape index (κ1) is 13.6. The van der Waals surface area contributed by atoms with E-state index in [9.17, 15) is 13.2 Å². The molecule has 0 fully saturated rings. The summed E-state index contributed by atoms with van der Waals surface area (Å²) < 4.78 is 40.7. The molecule has 0 saturated carbocycles. The Morgan fingerprint density at radius 2 is 1.88 bits per heavy atom. The van der Waals surface area contributed by atoms with E-state index in [1.165, 1.54) is 6.26 Å². The zero-order valence-electron chi connectivity index (χ0n) is 9.02. The molecule has 94 valence electrons. The molecule has 0 saturated heterocycles. The van der Waals surface area contributed by atoms with Gasteiger partial charge in [-0.05, 0) is 11.6 Å². The molecule has 1 N–H and O–H groups in total. The van der Waals surface area contributed by atoms with E-state index < -0.39 is 18.7 Å². The molecule has 1 rings (SSSR count). The third-order valence-corrected chi connectivity index (χ3v) is 2.02. The first-order valence-corrected chi connectivity index (χ1v) is 5.05. The van der Waals surface area contributed by atoms with Crippen molar-refractivity contribution in [1.29, 1.82) is 0 Å². The Labute approximate surface area is 97.3 Å². The topological polar surface area (TPSA) is 29.5 Å². The quantitative estimate of drug-likeness (QED) is 0.809. The molecule has 1 unspecified atom stereocenters. The van der Waals surface area contributed by atoms with Gasteiger partial charge in [-0.2, -0.15) is 13.2 Å². The smallest absolute Gasteiger partial charge is 0.414 e. The zero-order valence-corrected chi connectivity index (χ0v) is 9.02. The number of ether oxygens (including phenoxy) is 1. The highest BCUT2D eigenvalue weighted by atomic mass is 19.4. The van der Waals surface area contributed by atoms with E-state index in [1.807, 2.05) is 30.3 Å². The minimum absolute atomic E-state index is 0.291. The lowest BCUT2D eigenvalue weighted by molar-refractivity contribution is -0.202. The van der Waals surface area contributed by atoms with E-state index in [0.717, 1.165) is 11.6 Å². The second kappa shape index (κ2) is 6.30. The first-order valence-electron chi connectivity index (χ1n) is 5.05. The van der Waals surface area contributed by atoms with E-state index in [4.69, 9.17) is 9.84 Å². The highest BCUT2D eigenvalue weighted by Crippen LogP contribution is 2.22. The van der Waals surface area contributed by atoms with Gasteiger partial charge in [0.1, 0.15) is 6.61 Å². The molecule has 1 aromatic rings. The molecule has 5 heteroatoms. The summed E-state index contributed by atoms with van der Waals surface area (Å²) in [6, 6.07) is 9.24. The number of rotatable bonds is 5. The van der Waals surface area contributed by atoms with Crippen molar-refractivity contribution in [1.82, 2.24) is 0 Å². The molecule has 1 aromatic carbocycles. The lowest BCUT2D eigenvalue weighted by Crippen LogP contribution is -2.27. The molecule has 0 bridgehead atoms. The Hall–Kier alpha value is -1.49. The molecule has 0 radical (unpaired) electrons. The van der Waals surface area contributed by atoms with Gasteiger partial charge in [-0.15, -0.1) is 0 Å². The maximum absolute atomic E-state index is 11.9. The van der Waals surface area contributed by atoms with Crippen LogP contribution in [0.2, 0.25) is 0 Å². The summed E-state index contributed by atoms with van der Waals surface area (Å²) in [7, 11) is 0. The van der Waals surface area contributed by atoms with Crippen LogP contribution in [0.1, 0.15) is 12.0 Å². The molecule has 0 heterocycles. The van der Waals surface area contributed by atoms with Crippen LogP contribution in [0.15, 0.2) is 42.7 Å². The minimum atomic E-state index is -4.58. The molecule has 17 heavy (non-hydrogen) atoms. The summed E-state index contributed by atoms with van der Waals surface area (Å²) in [5.74, 6) is 0. The van der Waals surface area contributed by atoms with Crippen molar-refractivity contribution in [3.63, 3.8) is 0 Å². The standard InChI is InChI=1S/C12H13F3O2/c13-12(14,15)11(16)7-4-8-17-9-10-5-2-1-3-6-10/h1-6,8,11,16H,7,9H2. The van der Waals surface area contributed by atoms with E-state index in [-0.39, 0.29) is 0 Å². The maximum atomic E-state index is 11.9.